The molecule has 7 N–H and O–H groups in total. The third-order valence-electron chi connectivity index (χ3n) is 3.97. The number of thiocarbonyl (C=S) groups is 1. The molecule has 0 radical (unpaired) electrons. The van der Waals surface area contributed by atoms with Gasteiger partial charge in [0.15, 0.2) is 11.2 Å². The van der Waals surface area contributed by atoms with E-state index < -0.39 is 47.1 Å². The second-order valence-corrected chi connectivity index (χ2v) is 6.09. The fourth-order valence-electron chi connectivity index (χ4n) is 2.74. The van der Waals surface area contributed by atoms with Crippen LogP contribution in [0, 0.1) is 0 Å². The van der Waals surface area contributed by atoms with Gasteiger partial charge in [0.25, 0.3) is 0 Å². The second-order valence-electron chi connectivity index (χ2n) is 5.68. The van der Waals surface area contributed by atoms with Gasteiger partial charge in [-0.05, 0) is 17.8 Å². The minimum atomic E-state index is -2.32. The monoisotopic (exact) mass is 356 g/mol. The first-order valence-corrected chi connectivity index (χ1v) is 7.66. The normalized spacial score (nSPS) is 34.4. The van der Waals surface area contributed by atoms with Gasteiger partial charge in [-0.25, -0.2) is 0 Å². The first-order valence-electron chi connectivity index (χ1n) is 7.25. The molecule has 6 atom stereocenters. The van der Waals surface area contributed by atoms with Crippen LogP contribution in [0.4, 0.5) is 0 Å². The highest BCUT2D eigenvalue weighted by molar-refractivity contribution is 7.80. The van der Waals surface area contributed by atoms with Crippen LogP contribution in [0.5, 0.6) is 0 Å². The van der Waals surface area contributed by atoms with Crippen molar-refractivity contribution in [3.05, 3.63) is 35.9 Å². The molecule has 1 aromatic rings. The van der Waals surface area contributed by atoms with Crippen molar-refractivity contribution in [3.8, 4) is 0 Å². The van der Waals surface area contributed by atoms with Crippen LogP contribution in [0.3, 0.4) is 0 Å². The van der Waals surface area contributed by atoms with Crippen molar-refractivity contribution in [2.75, 3.05) is 0 Å². The fraction of sp³-hybridized carbons (Fsp3) is 0.467. The molecule has 1 aliphatic heterocycles. The highest BCUT2D eigenvalue weighted by Crippen LogP contribution is 2.36. The molecule has 1 unspecified atom stereocenters. The summed E-state index contributed by atoms with van der Waals surface area (Å²) in [6.45, 7) is 1.18. The van der Waals surface area contributed by atoms with Crippen LogP contribution in [0.2, 0.25) is 0 Å². The molecular formula is C15H20N2O6S. The van der Waals surface area contributed by atoms with Gasteiger partial charge in [0, 0.05) is 6.92 Å². The number of benzene rings is 1. The smallest absolute Gasteiger partial charge is 0.217 e. The molecule has 1 aromatic carbocycles. The Morgan fingerprint density at radius 3 is 2.42 bits per heavy atom. The molecule has 1 amide bonds. The van der Waals surface area contributed by atoms with Crippen molar-refractivity contribution in [3.63, 3.8) is 0 Å². The zero-order chi connectivity index (χ0) is 18.1. The van der Waals surface area contributed by atoms with Gasteiger partial charge in [-0.1, -0.05) is 30.3 Å². The number of nitrogens with two attached hydrogens (primary N) is 1. The molecule has 1 saturated heterocycles. The van der Waals surface area contributed by atoms with Crippen LogP contribution in [0.1, 0.15) is 18.5 Å². The minimum Gasteiger partial charge on any atom is -0.500 e. The van der Waals surface area contributed by atoms with Gasteiger partial charge in [-0.3, -0.25) is 4.79 Å². The van der Waals surface area contributed by atoms with Gasteiger partial charge in [-0.15, -0.1) is 0 Å². The van der Waals surface area contributed by atoms with Crippen LogP contribution in [0.25, 0.3) is 0 Å². The lowest BCUT2D eigenvalue weighted by Crippen LogP contribution is -2.73. The SMILES string of the molecule is CC(=O)N[C@@H]1[C@@H](O)[C@H](O)[C@@H](C(O)=S)O[C@]1(O)C(N)c1ccccc1. The standard InChI is InChI=1S/C15H20N2O6S/c1-7(18)17-13-10(20)9(19)11(14(21)24)23-15(13,22)12(16)8-5-3-2-4-6-8/h2-6,9-13,19-20,22H,16H2,1H3,(H,17,18)(H,21,24)/t9-,10-,11-,12?,13+,15+/m0/s1. The Morgan fingerprint density at radius 1 is 1.33 bits per heavy atom. The summed E-state index contributed by atoms with van der Waals surface area (Å²) in [5.41, 5.74) is 6.56. The fourth-order valence-corrected chi connectivity index (χ4v) is 2.93. The summed E-state index contributed by atoms with van der Waals surface area (Å²) >= 11 is 4.60. The van der Waals surface area contributed by atoms with E-state index in [2.05, 4.69) is 17.5 Å². The van der Waals surface area contributed by atoms with Gasteiger partial charge in [0.1, 0.15) is 18.2 Å². The lowest BCUT2D eigenvalue weighted by molar-refractivity contribution is -0.310. The lowest BCUT2D eigenvalue weighted by atomic mass is 9.83. The van der Waals surface area contributed by atoms with Crippen LogP contribution < -0.4 is 11.1 Å². The summed E-state index contributed by atoms with van der Waals surface area (Å²) in [6, 6.07) is 5.74. The Bertz CT molecular complexity index is 615. The number of aliphatic hydroxyl groups is 4. The number of amides is 1. The molecule has 9 heteroatoms. The van der Waals surface area contributed by atoms with Crippen LogP contribution in [0.15, 0.2) is 30.3 Å². The molecule has 1 heterocycles. The maximum atomic E-state index is 11.4. The van der Waals surface area contributed by atoms with E-state index in [0.29, 0.717) is 5.56 Å². The van der Waals surface area contributed by atoms with E-state index in [4.69, 9.17) is 10.5 Å². The second kappa shape index (κ2) is 7.09. The average molecular weight is 356 g/mol. The molecule has 132 valence electrons. The molecule has 1 aliphatic rings. The summed E-state index contributed by atoms with van der Waals surface area (Å²) in [4.78, 5) is 11.4. The quantitative estimate of drug-likeness (QED) is 0.372. The average Bonchev–Trinajstić information content (AvgIpc) is 2.54. The Hall–Kier alpha value is -1.62. The molecule has 1 fully saturated rings. The van der Waals surface area contributed by atoms with E-state index in [0.717, 1.165) is 0 Å². The summed E-state index contributed by atoms with van der Waals surface area (Å²) in [5, 5.41) is 42.5. The predicted octanol–water partition coefficient (Wildman–Crippen LogP) is -1.11. The Kier molecular flexibility index (Phi) is 5.53. The number of nitrogens with one attached hydrogen (secondary N) is 1. The summed E-state index contributed by atoms with van der Waals surface area (Å²) in [5.74, 6) is -2.89. The number of aliphatic hydroxyl groups excluding tert-OH is 3. The van der Waals surface area contributed by atoms with E-state index in [9.17, 15) is 25.2 Å². The summed E-state index contributed by atoms with van der Waals surface area (Å²) in [6.07, 6.45) is -4.86. The maximum absolute atomic E-state index is 11.4. The Balaban J connectivity index is 2.46. The van der Waals surface area contributed by atoms with Crippen LogP contribution >= 0.6 is 12.2 Å². The van der Waals surface area contributed by atoms with Gasteiger partial charge in [0.05, 0.1) is 6.04 Å². The zero-order valence-corrected chi connectivity index (χ0v) is 13.7. The van der Waals surface area contributed by atoms with Crippen LogP contribution in [-0.2, 0) is 9.53 Å². The molecule has 0 bridgehead atoms. The number of carbonyl (C=O) groups excluding carboxylic acids is 1. The molecule has 2 rings (SSSR count). The number of ether oxygens (including phenoxy) is 1. The van der Waals surface area contributed by atoms with E-state index >= 15 is 0 Å². The molecule has 0 aliphatic carbocycles. The van der Waals surface area contributed by atoms with E-state index in [1.165, 1.54) is 6.92 Å². The number of carbonyl (C=O) groups is 1. The molecular weight excluding hydrogens is 336 g/mol. The minimum absolute atomic E-state index is 0.460. The van der Waals surface area contributed by atoms with E-state index in [-0.39, 0.29) is 0 Å². The molecule has 0 saturated carbocycles. The molecule has 0 aromatic heterocycles. The summed E-state index contributed by atoms with van der Waals surface area (Å²) in [7, 11) is 0. The van der Waals surface area contributed by atoms with Crippen molar-refractivity contribution >= 4 is 23.2 Å². The van der Waals surface area contributed by atoms with Crippen molar-refractivity contribution in [1.82, 2.24) is 5.32 Å². The van der Waals surface area contributed by atoms with Gasteiger partial charge >= 0.3 is 0 Å². The number of hydrogen-bond acceptors (Lipinski definition) is 7. The first kappa shape index (κ1) is 18.7. The Morgan fingerprint density at radius 2 is 1.92 bits per heavy atom. The zero-order valence-electron chi connectivity index (χ0n) is 12.9. The predicted molar refractivity (Wildman–Crippen MR) is 88.0 cm³/mol. The van der Waals surface area contributed by atoms with Crippen molar-refractivity contribution in [1.29, 1.82) is 0 Å². The van der Waals surface area contributed by atoms with Gasteiger partial charge in [-0.2, -0.15) is 0 Å². The topological polar surface area (TPSA) is 145 Å². The van der Waals surface area contributed by atoms with Crippen molar-refractivity contribution in [2.24, 2.45) is 5.73 Å². The largest absolute Gasteiger partial charge is 0.500 e. The molecule has 24 heavy (non-hydrogen) atoms. The number of rotatable bonds is 4. The third kappa shape index (κ3) is 3.41. The first-order chi connectivity index (χ1) is 11.2. The molecule has 8 nitrogen and oxygen atoms in total. The maximum Gasteiger partial charge on any atom is 0.217 e. The lowest BCUT2D eigenvalue weighted by Gasteiger charge is -2.49. The Labute approximate surface area is 143 Å². The van der Waals surface area contributed by atoms with Gasteiger partial charge < -0.3 is 36.2 Å². The summed E-state index contributed by atoms with van der Waals surface area (Å²) < 4.78 is 5.36. The molecule has 0 spiro atoms. The van der Waals surface area contributed by atoms with Crippen molar-refractivity contribution < 1.29 is 30.0 Å². The highest BCUT2D eigenvalue weighted by Gasteiger charge is 2.58. The van der Waals surface area contributed by atoms with Crippen molar-refractivity contribution in [2.45, 2.75) is 43.1 Å². The van der Waals surface area contributed by atoms with Gasteiger partial charge in [0.2, 0.25) is 11.7 Å². The third-order valence-corrected chi connectivity index (χ3v) is 4.20. The number of hydrogen-bond donors (Lipinski definition) is 6. The van der Waals surface area contributed by atoms with Crippen LogP contribution in [-0.4, -0.2) is 61.5 Å². The highest BCUT2D eigenvalue weighted by atomic mass is 32.1. The van der Waals surface area contributed by atoms with E-state index in [1.807, 2.05) is 0 Å². The van der Waals surface area contributed by atoms with E-state index in [1.54, 1.807) is 30.3 Å².